The number of pyridine rings is 2. The molecular formula is C19H13FN4. The Balaban J connectivity index is 1.69. The van der Waals surface area contributed by atoms with Gasteiger partial charge in [-0.3, -0.25) is 9.97 Å². The van der Waals surface area contributed by atoms with Crippen LogP contribution in [0.5, 0.6) is 0 Å². The van der Waals surface area contributed by atoms with Crippen molar-refractivity contribution >= 4 is 0 Å². The van der Waals surface area contributed by atoms with Crippen molar-refractivity contribution in [2.75, 3.05) is 0 Å². The van der Waals surface area contributed by atoms with E-state index >= 15 is 0 Å². The molecule has 4 rings (SSSR count). The number of rotatable bonds is 3. The molecule has 0 aliphatic rings. The van der Waals surface area contributed by atoms with E-state index < -0.39 is 0 Å². The van der Waals surface area contributed by atoms with Gasteiger partial charge in [-0.1, -0.05) is 12.1 Å². The third kappa shape index (κ3) is 2.67. The minimum Gasteiger partial charge on any atom is -0.305 e. The van der Waals surface area contributed by atoms with Gasteiger partial charge in [-0.2, -0.15) is 0 Å². The number of nitrogens with zero attached hydrogens (tertiary/aromatic N) is 4. The maximum atomic E-state index is 14.5. The van der Waals surface area contributed by atoms with Crippen molar-refractivity contribution in [2.24, 2.45) is 0 Å². The van der Waals surface area contributed by atoms with E-state index in [1.165, 1.54) is 6.07 Å². The van der Waals surface area contributed by atoms with Gasteiger partial charge in [0.05, 0.1) is 17.7 Å². The second-order valence-electron chi connectivity index (χ2n) is 5.26. The molecule has 0 amide bonds. The van der Waals surface area contributed by atoms with Crippen molar-refractivity contribution in [2.45, 2.75) is 0 Å². The van der Waals surface area contributed by atoms with Crippen molar-refractivity contribution in [3.8, 4) is 28.3 Å². The number of benzene rings is 1. The average molecular weight is 316 g/mol. The van der Waals surface area contributed by atoms with Crippen LogP contribution in [-0.4, -0.2) is 19.5 Å². The van der Waals surface area contributed by atoms with Crippen LogP contribution in [0.3, 0.4) is 0 Å². The summed E-state index contributed by atoms with van der Waals surface area (Å²) < 4.78 is 16.2. The first-order valence-corrected chi connectivity index (χ1v) is 7.48. The second-order valence-corrected chi connectivity index (χ2v) is 5.26. The quantitative estimate of drug-likeness (QED) is 0.570. The van der Waals surface area contributed by atoms with E-state index in [1.54, 1.807) is 41.5 Å². The van der Waals surface area contributed by atoms with Crippen molar-refractivity contribution in [1.29, 1.82) is 0 Å². The van der Waals surface area contributed by atoms with Gasteiger partial charge in [-0.05, 0) is 42.5 Å². The van der Waals surface area contributed by atoms with Crippen LogP contribution >= 0.6 is 0 Å². The topological polar surface area (TPSA) is 43.6 Å². The van der Waals surface area contributed by atoms with Gasteiger partial charge in [0.15, 0.2) is 0 Å². The van der Waals surface area contributed by atoms with Crippen molar-refractivity contribution < 1.29 is 4.39 Å². The van der Waals surface area contributed by atoms with E-state index in [0.717, 1.165) is 11.4 Å². The van der Waals surface area contributed by atoms with Crippen LogP contribution in [0.4, 0.5) is 4.39 Å². The molecule has 116 valence electrons. The molecule has 4 nitrogen and oxygen atoms in total. The molecular weight excluding hydrogens is 303 g/mol. The molecule has 0 spiro atoms. The maximum Gasteiger partial charge on any atom is 0.134 e. The lowest BCUT2D eigenvalue weighted by Crippen LogP contribution is -1.94. The third-order valence-corrected chi connectivity index (χ3v) is 3.70. The maximum absolute atomic E-state index is 14.5. The zero-order valence-corrected chi connectivity index (χ0v) is 12.7. The Labute approximate surface area is 138 Å². The molecule has 0 N–H and O–H groups in total. The fourth-order valence-corrected chi connectivity index (χ4v) is 2.50. The first-order chi connectivity index (χ1) is 11.8. The van der Waals surface area contributed by atoms with Gasteiger partial charge < -0.3 is 4.57 Å². The van der Waals surface area contributed by atoms with Crippen LogP contribution in [0.2, 0.25) is 0 Å². The highest BCUT2D eigenvalue weighted by Gasteiger charge is 2.09. The Kier molecular flexibility index (Phi) is 3.59. The van der Waals surface area contributed by atoms with Gasteiger partial charge in [-0.25, -0.2) is 9.37 Å². The molecule has 0 aliphatic carbocycles. The molecule has 0 unspecified atom stereocenters. The number of halogens is 1. The summed E-state index contributed by atoms with van der Waals surface area (Å²) in [5.74, 6) is -0.320. The highest BCUT2D eigenvalue weighted by molar-refractivity contribution is 5.62. The van der Waals surface area contributed by atoms with E-state index in [1.807, 2.05) is 36.5 Å². The first-order valence-electron chi connectivity index (χ1n) is 7.48. The summed E-state index contributed by atoms with van der Waals surface area (Å²) in [5, 5.41) is 0. The minimum absolute atomic E-state index is 0.320. The molecule has 0 saturated carbocycles. The lowest BCUT2D eigenvalue weighted by molar-refractivity contribution is 0.629. The molecule has 0 atom stereocenters. The largest absolute Gasteiger partial charge is 0.305 e. The summed E-state index contributed by atoms with van der Waals surface area (Å²) in [6.45, 7) is 0. The Morgan fingerprint density at radius 1 is 0.750 bits per heavy atom. The van der Waals surface area contributed by atoms with Gasteiger partial charge in [0, 0.05) is 29.8 Å². The van der Waals surface area contributed by atoms with Crippen LogP contribution in [0.1, 0.15) is 0 Å². The van der Waals surface area contributed by atoms with E-state index in [4.69, 9.17) is 0 Å². The molecule has 0 bridgehead atoms. The molecule has 1 aromatic carbocycles. The second kappa shape index (κ2) is 6.04. The molecule has 5 heteroatoms. The van der Waals surface area contributed by atoms with Crippen LogP contribution in [0.25, 0.3) is 28.3 Å². The van der Waals surface area contributed by atoms with Crippen molar-refractivity contribution in [3.05, 3.63) is 85.3 Å². The van der Waals surface area contributed by atoms with E-state index in [9.17, 15) is 4.39 Å². The van der Waals surface area contributed by atoms with Gasteiger partial charge in [0.25, 0.3) is 0 Å². The normalized spacial score (nSPS) is 10.7. The number of hydrogen-bond acceptors (Lipinski definition) is 3. The van der Waals surface area contributed by atoms with E-state index in [-0.39, 0.29) is 5.82 Å². The summed E-state index contributed by atoms with van der Waals surface area (Å²) in [6.07, 6.45) is 6.85. The molecule has 24 heavy (non-hydrogen) atoms. The Morgan fingerprint density at radius 2 is 1.50 bits per heavy atom. The molecule has 0 fully saturated rings. The molecule has 0 saturated heterocycles. The fourth-order valence-electron chi connectivity index (χ4n) is 2.50. The highest BCUT2D eigenvalue weighted by atomic mass is 19.1. The zero-order chi connectivity index (χ0) is 16.4. The number of hydrogen-bond donors (Lipinski definition) is 0. The Bertz CT molecular complexity index is 965. The average Bonchev–Trinajstić information content (AvgIpc) is 3.13. The van der Waals surface area contributed by atoms with Crippen molar-refractivity contribution in [1.82, 2.24) is 19.5 Å². The summed E-state index contributed by atoms with van der Waals surface area (Å²) >= 11 is 0. The van der Waals surface area contributed by atoms with Gasteiger partial charge in [0.2, 0.25) is 0 Å². The predicted octanol–water partition coefficient (Wildman–Crippen LogP) is 4.14. The fraction of sp³-hybridized carbons (Fsp3) is 0. The standard InChI is InChI=1S/C19H13FN4/c20-16-11-14(7-8-15(16)17-5-1-3-9-21-17)24-12-19(23-13-24)18-6-2-4-10-22-18/h1-13H. The Morgan fingerprint density at radius 3 is 2.17 bits per heavy atom. The van der Waals surface area contributed by atoms with Crippen molar-refractivity contribution in [3.63, 3.8) is 0 Å². The lowest BCUT2D eigenvalue weighted by Gasteiger charge is -2.06. The van der Waals surface area contributed by atoms with Gasteiger partial charge in [0.1, 0.15) is 11.5 Å². The Hall–Kier alpha value is -3.34. The molecule has 3 aromatic heterocycles. The number of aromatic nitrogens is 4. The summed E-state index contributed by atoms with van der Waals surface area (Å²) in [7, 11) is 0. The highest BCUT2D eigenvalue weighted by Crippen LogP contribution is 2.24. The summed E-state index contributed by atoms with van der Waals surface area (Å²) in [4.78, 5) is 12.8. The first kappa shape index (κ1) is 14.3. The van der Waals surface area contributed by atoms with E-state index in [2.05, 4.69) is 15.0 Å². The molecule has 3 heterocycles. The SMILES string of the molecule is Fc1cc(-n2cnc(-c3ccccn3)c2)ccc1-c1ccccn1. The molecule has 0 radical (unpaired) electrons. The third-order valence-electron chi connectivity index (χ3n) is 3.70. The van der Waals surface area contributed by atoms with Crippen LogP contribution in [0.15, 0.2) is 79.5 Å². The van der Waals surface area contributed by atoms with Crippen LogP contribution in [-0.2, 0) is 0 Å². The van der Waals surface area contributed by atoms with Crippen LogP contribution in [0, 0.1) is 5.82 Å². The van der Waals surface area contributed by atoms with E-state index in [0.29, 0.717) is 16.9 Å². The summed E-state index contributed by atoms with van der Waals surface area (Å²) in [6, 6.07) is 16.1. The summed E-state index contributed by atoms with van der Waals surface area (Å²) in [5.41, 5.74) is 3.30. The molecule has 0 aliphatic heterocycles. The smallest absolute Gasteiger partial charge is 0.134 e. The zero-order valence-electron chi connectivity index (χ0n) is 12.7. The minimum atomic E-state index is -0.320. The monoisotopic (exact) mass is 316 g/mol. The van der Waals surface area contributed by atoms with Gasteiger partial charge >= 0.3 is 0 Å². The lowest BCUT2D eigenvalue weighted by atomic mass is 10.1. The number of imidazole rings is 1. The predicted molar refractivity (Wildman–Crippen MR) is 90.0 cm³/mol. The molecule has 4 aromatic rings. The van der Waals surface area contributed by atoms with Gasteiger partial charge in [-0.15, -0.1) is 0 Å². The van der Waals surface area contributed by atoms with Crippen LogP contribution < -0.4 is 0 Å².